The molecule has 1 N–H and O–H groups in total. The Kier molecular flexibility index (Phi) is 4.03. The van der Waals surface area contributed by atoms with Crippen molar-refractivity contribution in [3.8, 4) is 5.88 Å². The van der Waals surface area contributed by atoms with Gasteiger partial charge in [-0.1, -0.05) is 13.8 Å². The summed E-state index contributed by atoms with van der Waals surface area (Å²) in [6.45, 7) is 6.43. The van der Waals surface area contributed by atoms with Gasteiger partial charge in [0.1, 0.15) is 10.9 Å². The zero-order valence-corrected chi connectivity index (χ0v) is 12.6. The average molecular weight is 293 g/mol. The minimum atomic E-state index is 0.122. The number of thiophene rings is 1. The van der Waals surface area contributed by atoms with Crippen molar-refractivity contribution in [3.05, 3.63) is 10.9 Å². The normalized spacial score (nSPS) is 15.3. The van der Waals surface area contributed by atoms with E-state index >= 15 is 0 Å². The summed E-state index contributed by atoms with van der Waals surface area (Å²) < 4.78 is 11.1. The standard InChI is InChI=1S/C14H19N3O2S/c1-3-5-15-14-16-12(19-9-7-18-8-9)11-6-10(4-2)20-13(11)17-14/h6,9H,3-5,7-8H2,1-2H3,(H,15,16,17). The molecule has 20 heavy (non-hydrogen) atoms. The number of anilines is 1. The number of fused-ring (bicyclic) bond motifs is 1. The highest BCUT2D eigenvalue weighted by Gasteiger charge is 2.23. The molecular weight excluding hydrogens is 274 g/mol. The van der Waals surface area contributed by atoms with Gasteiger partial charge in [-0.25, -0.2) is 4.98 Å². The third-order valence-electron chi connectivity index (χ3n) is 3.18. The first-order chi connectivity index (χ1) is 9.80. The fourth-order valence-corrected chi connectivity index (χ4v) is 2.92. The molecule has 0 atom stereocenters. The van der Waals surface area contributed by atoms with Crippen LogP contribution in [-0.2, 0) is 11.2 Å². The van der Waals surface area contributed by atoms with Crippen LogP contribution >= 0.6 is 11.3 Å². The number of hydrogen-bond donors (Lipinski definition) is 1. The van der Waals surface area contributed by atoms with Gasteiger partial charge in [0.15, 0.2) is 0 Å². The van der Waals surface area contributed by atoms with E-state index < -0.39 is 0 Å². The molecule has 0 unspecified atom stereocenters. The molecular formula is C14H19N3O2S. The monoisotopic (exact) mass is 293 g/mol. The Balaban J connectivity index is 1.95. The Morgan fingerprint density at radius 2 is 2.25 bits per heavy atom. The van der Waals surface area contributed by atoms with Gasteiger partial charge in [-0.15, -0.1) is 11.3 Å². The highest BCUT2D eigenvalue weighted by Crippen LogP contribution is 2.32. The largest absolute Gasteiger partial charge is 0.469 e. The fourth-order valence-electron chi connectivity index (χ4n) is 1.97. The molecule has 1 aliphatic heterocycles. The zero-order chi connectivity index (χ0) is 13.9. The highest BCUT2D eigenvalue weighted by molar-refractivity contribution is 7.18. The van der Waals surface area contributed by atoms with Crippen LogP contribution in [0.3, 0.4) is 0 Å². The smallest absolute Gasteiger partial charge is 0.227 e. The summed E-state index contributed by atoms with van der Waals surface area (Å²) in [6, 6.07) is 2.14. The van der Waals surface area contributed by atoms with Gasteiger partial charge < -0.3 is 14.8 Å². The maximum atomic E-state index is 5.93. The maximum absolute atomic E-state index is 5.93. The summed E-state index contributed by atoms with van der Waals surface area (Å²) in [5.74, 6) is 1.33. The van der Waals surface area contributed by atoms with Gasteiger partial charge in [0, 0.05) is 11.4 Å². The summed E-state index contributed by atoms with van der Waals surface area (Å²) >= 11 is 1.71. The lowest BCUT2D eigenvalue weighted by Crippen LogP contribution is -2.38. The second-order valence-corrected chi connectivity index (χ2v) is 5.96. The number of ether oxygens (including phenoxy) is 2. The van der Waals surface area contributed by atoms with Crippen LogP contribution in [0.5, 0.6) is 5.88 Å². The van der Waals surface area contributed by atoms with Crippen LogP contribution in [0, 0.1) is 0 Å². The van der Waals surface area contributed by atoms with Crippen molar-refractivity contribution >= 4 is 27.5 Å². The maximum Gasteiger partial charge on any atom is 0.227 e. The van der Waals surface area contributed by atoms with E-state index in [9.17, 15) is 0 Å². The van der Waals surface area contributed by atoms with Gasteiger partial charge in [-0.3, -0.25) is 0 Å². The minimum absolute atomic E-state index is 0.122. The second-order valence-electron chi connectivity index (χ2n) is 4.84. The number of rotatable bonds is 6. The Hall–Kier alpha value is -1.40. The molecule has 2 aromatic heterocycles. The minimum Gasteiger partial charge on any atom is -0.469 e. The van der Waals surface area contributed by atoms with E-state index in [0.717, 1.165) is 29.6 Å². The number of aromatic nitrogens is 2. The molecule has 1 aliphatic rings. The van der Waals surface area contributed by atoms with Crippen LogP contribution in [0.2, 0.25) is 0 Å². The fraction of sp³-hybridized carbons (Fsp3) is 0.571. The average Bonchev–Trinajstić information content (AvgIpc) is 2.83. The number of aryl methyl sites for hydroxylation is 1. The van der Waals surface area contributed by atoms with Crippen molar-refractivity contribution in [2.75, 3.05) is 25.1 Å². The lowest BCUT2D eigenvalue weighted by Gasteiger charge is -2.26. The van der Waals surface area contributed by atoms with E-state index in [1.165, 1.54) is 4.88 Å². The third kappa shape index (κ3) is 2.71. The first-order valence-corrected chi connectivity index (χ1v) is 7.90. The summed E-state index contributed by atoms with van der Waals surface area (Å²) in [5, 5.41) is 4.25. The van der Waals surface area contributed by atoms with E-state index in [0.29, 0.717) is 25.0 Å². The van der Waals surface area contributed by atoms with Crippen molar-refractivity contribution in [2.45, 2.75) is 32.8 Å². The Morgan fingerprint density at radius 3 is 2.90 bits per heavy atom. The van der Waals surface area contributed by atoms with E-state index in [1.54, 1.807) is 11.3 Å². The van der Waals surface area contributed by atoms with Gasteiger partial charge >= 0.3 is 0 Å². The number of nitrogens with zero attached hydrogens (tertiary/aromatic N) is 2. The lowest BCUT2D eigenvalue weighted by atomic mass is 10.3. The molecule has 0 saturated carbocycles. The summed E-state index contributed by atoms with van der Waals surface area (Å²) in [7, 11) is 0. The summed E-state index contributed by atoms with van der Waals surface area (Å²) in [6.07, 6.45) is 2.17. The summed E-state index contributed by atoms with van der Waals surface area (Å²) in [4.78, 5) is 11.4. The number of nitrogens with one attached hydrogen (secondary N) is 1. The van der Waals surface area contributed by atoms with Crippen LogP contribution in [-0.4, -0.2) is 35.8 Å². The quantitative estimate of drug-likeness (QED) is 0.887. The van der Waals surface area contributed by atoms with E-state index in [2.05, 4.69) is 35.2 Å². The van der Waals surface area contributed by atoms with E-state index in [1.807, 2.05) is 0 Å². The Labute approximate surface area is 122 Å². The van der Waals surface area contributed by atoms with E-state index in [4.69, 9.17) is 9.47 Å². The molecule has 5 nitrogen and oxygen atoms in total. The predicted octanol–water partition coefficient (Wildman–Crippen LogP) is 2.85. The Morgan fingerprint density at radius 1 is 1.40 bits per heavy atom. The van der Waals surface area contributed by atoms with Gasteiger partial charge in [0.2, 0.25) is 11.8 Å². The third-order valence-corrected chi connectivity index (χ3v) is 4.35. The molecule has 3 heterocycles. The molecule has 3 rings (SSSR count). The van der Waals surface area contributed by atoms with Crippen molar-refractivity contribution in [1.82, 2.24) is 9.97 Å². The first kappa shape index (κ1) is 13.6. The molecule has 0 aliphatic carbocycles. The number of hydrogen-bond acceptors (Lipinski definition) is 6. The van der Waals surface area contributed by atoms with E-state index in [-0.39, 0.29) is 6.10 Å². The van der Waals surface area contributed by atoms with Crippen molar-refractivity contribution in [1.29, 1.82) is 0 Å². The van der Waals surface area contributed by atoms with Crippen LogP contribution < -0.4 is 10.1 Å². The van der Waals surface area contributed by atoms with Crippen molar-refractivity contribution < 1.29 is 9.47 Å². The van der Waals surface area contributed by atoms with Crippen molar-refractivity contribution in [3.63, 3.8) is 0 Å². The molecule has 0 aromatic carbocycles. The molecule has 108 valence electrons. The van der Waals surface area contributed by atoms with Gasteiger partial charge in [-0.05, 0) is 18.9 Å². The topological polar surface area (TPSA) is 56.3 Å². The molecule has 2 aromatic rings. The Bertz CT molecular complexity index is 595. The molecule has 0 bridgehead atoms. The van der Waals surface area contributed by atoms with Gasteiger partial charge in [0.25, 0.3) is 0 Å². The highest BCUT2D eigenvalue weighted by atomic mass is 32.1. The molecule has 0 spiro atoms. The van der Waals surface area contributed by atoms with Crippen LogP contribution in [0.1, 0.15) is 25.1 Å². The van der Waals surface area contributed by atoms with Crippen LogP contribution in [0.25, 0.3) is 10.2 Å². The molecule has 1 saturated heterocycles. The summed E-state index contributed by atoms with van der Waals surface area (Å²) in [5.41, 5.74) is 0. The second kappa shape index (κ2) is 5.93. The molecule has 0 amide bonds. The SMILES string of the molecule is CCCNc1nc(OC2COC2)c2cc(CC)sc2n1. The molecule has 0 radical (unpaired) electrons. The first-order valence-electron chi connectivity index (χ1n) is 7.09. The predicted molar refractivity (Wildman–Crippen MR) is 80.8 cm³/mol. The van der Waals surface area contributed by atoms with Crippen LogP contribution in [0.4, 0.5) is 5.95 Å². The van der Waals surface area contributed by atoms with Gasteiger partial charge in [0.05, 0.1) is 18.6 Å². The molecule has 6 heteroatoms. The van der Waals surface area contributed by atoms with Crippen molar-refractivity contribution in [2.24, 2.45) is 0 Å². The van der Waals surface area contributed by atoms with Crippen LogP contribution in [0.15, 0.2) is 6.07 Å². The van der Waals surface area contributed by atoms with Gasteiger partial charge in [-0.2, -0.15) is 4.98 Å². The zero-order valence-electron chi connectivity index (χ0n) is 11.8. The molecule has 1 fully saturated rings. The lowest BCUT2D eigenvalue weighted by molar-refractivity contribution is -0.0806.